The Morgan fingerprint density at radius 1 is 1.57 bits per heavy atom. The molecule has 2 unspecified atom stereocenters. The molecule has 6 heteroatoms. The fourth-order valence-electron chi connectivity index (χ4n) is 0.906. The lowest BCUT2D eigenvalue weighted by atomic mass is 10.2. The van der Waals surface area contributed by atoms with Crippen molar-refractivity contribution in [3.8, 4) is 6.07 Å². The van der Waals surface area contributed by atoms with Gasteiger partial charge in [0.1, 0.15) is 0 Å². The Bertz CT molecular complexity index is 294. The highest BCUT2D eigenvalue weighted by molar-refractivity contribution is 7.90. The van der Waals surface area contributed by atoms with Crippen LogP contribution in [0, 0.1) is 11.3 Å². The van der Waals surface area contributed by atoms with Crippen molar-refractivity contribution in [3.63, 3.8) is 0 Å². The zero-order valence-corrected chi connectivity index (χ0v) is 9.21. The van der Waals surface area contributed by atoms with Crippen LogP contribution in [0.5, 0.6) is 0 Å². The molecule has 0 heterocycles. The molecule has 2 N–H and O–H groups in total. The van der Waals surface area contributed by atoms with Crippen molar-refractivity contribution in [1.82, 2.24) is 4.72 Å². The lowest BCUT2D eigenvalue weighted by molar-refractivity contribution is 0.270. The summed E-state index contributed by atoms with van der Waals surface area (Å²) in [5.41, 5.74) is 0. The van der Waals surface area contributed by atoms with Crippen LogP contribution in [0.25, 0.3) is 0 Å². The van der Waals surface area contributed by atoms with E-state index in [-0.39, 0.29) is 12.6 Å². The largest absolute Gasteiger partial charge is 0.396 e. The summed E-state index contributed by atoms with van der Waals surface area (Å²) < 4.78 is 25.2. The first kappa shape index (κ1) is 13.4. The number of nitrogens with zero attached hydrogens (tertiary/aromatic N) is 1. The van der Waals surface area contributed by atoms with Gasteiger partial charge in [-0.3, -0.25) is 0 Å². The van der Waals surface area contributed by atoms with E-state index in [9.17, 15) is 8.42 Å². The Hall–Kier alpha value is -0.640. The molecular weight excluding hydrogens is 204 g/mol. The molecule has 0 aliphatic carbocycles. The maximum Gasteiger partial charge on any atom is 0.227 e. The minimum atomic E-state index is -3.57. The minimum Gasteiger partial charge on any atom is -0.396 e. The summed E-state index contributed by atoms with van der Waals surface area (Å²) in [6.45, 7) is 3.08. The van der Waals surface area contributed by atoms with E-state index in [0.29, 0.717) is 12.8 Å². The summed E-state index contributed by atoms with van der Waals surface area (Å²) in [6.07, 6.45) is 0.964. The van der Waals surface area contributed by atoms with Crippen LogP contribution in [0.2, 0.25) is 0 Å². The molecule has 0 aliphatic rings. The van der Waals surface area contributed by atoms with E-state index in [2.05, 4.69) is 4.72 Å². The average Bonchev–Trinajstić information content (AvgIpc) is 2.15. The maximum absolute atomic E-state index is 11.4. The van der Waals surface area contributed by atoms with Gasteiger partial charge in [0.2, 0.25) is 10.0 Å². The topological polar surface area (TPSA) is 90.2 Å². The monoisotopic (exact) mass is 220 g/mol. The first-order valence-corrected chi connectivity index (χ1v) is 6.04. The van der Waals surface area contributed by atoms with Crippen LogP contribution in [0.4, 0.5) is 0 Å². The molecule has 0 aromatic rings. The molecule has 0 aromatic carbocycles. The normalized spacial score (nSPS) is 15.9. The SMILES string of the molecule is CCC(CCO)NS(=O)(=O)C(C)C#N. The fourth-order valence-corrected chi connectivity index (χ4v) is 2.00. The van der Waals surface area contributed by atoms with Crippen molar-refractivity contribution in [3.05, 3.63) is 0 Å². The van der Waals surface area contributed by atoms with Crippen LogP contribution in [-0.4, -0.2) is 31.4 Å². The molecule has 5 nitrogen and oxygen atoms in total. The smallest absolute Gasteiger partial charge is 0.227 e. The zero-order valence-electron chi connectivity index (χ0n) is 8.40. The molecule has 0 aromatic heterocycles. The van der Waals surface area contributed by atoms with Crippen molar-refractivity contribution < 1.29 is 13.5 Å². The van der Waals surface area contributed by atoms with Gasteiger partial charge in [0, 0.05) is 12.6 Å². The number of nitrogens with one attached hydrogen (secondary N) is 1. The summed E-state index contributed by atoms with van der Waals surface area (Å²) in [5.74, 6) is 0. The molecule has 0 spiro atoms. The highest BCUT2D eigenvalue weighted by atomic mass is 32.2. The van der Waals surface area contributed by atoms with Crippen molar-refractivity contribution in [2.24, 2.45) is 0 Å². The Kier molecular flexibility index (Phi) is 5.69. The molecule has 82 valence electrons. The van der Waals surface area contributed by atoms with Gasteiger partial charge >= 0.3 is 0 Å². The van der Waals surface area contributed by atoms with E-state index in [0.717, 1.165) is 0 Å². The summed E-state index contributed by atoms with van der Waals surface area (Å²) in [4.78, 5) is 0. The lowest BCUT2D eigenvalue weighted by Crippen LogP contribution is -2.39. The summed E-state index contributed by atoms with van der Waals surface area (Å²) >= 11 is 0. The zero-order chi connectivity index (χ0) is 11.2. The molecule has 0 saturated carbocycles. The molecule has 0 amide bonds. The second kappa shape index (κ2) is 5.96. The quantitative estimate of drug-likeness (QED) is 0.658. The number of sulfonamides is 1. The molecule has 14 heavy (non-hydrogen) atoms. The highest BCUT2D eigenvalue weighted by Crippen LogP contribution is 2.03. The first-order valence-electron chi connectivity index (χ1n) is 4.49. The standard InChI is InChI=1S/C8H16N2O3S/c1-3-8(4-5-11)10-14(12,13)7(2)6-9/h7-8,10-11H,3-5H2,1-2H3. The van der Waals surface area contributed by atoms with Crippen LogP contribution in [-0.2, 0) is 10.0 Å². The third-order valence-corrected chi connectivity index (χ3v) is 3.65. The Morgan fingerprint density at radius 3 is 2.50 bits per heavy atom. The number of hydrogen-bond acceptors (Lipinski definition) is 4. The predicted molar refractivity (Wildman–Crippen MR) is 52.9 cm³/mol. The molecule has 0 bridgehead atoms. The predicted octanol–water partition coefficient (Wildman–Crippen LogP) is -0.0211. The number of aliphatic hydroxyl groups is 1. The van der Waals surface area contributed by atoms with Gasteiger partial charge in [-0.15, -0.1) is 0 Å². The number of nitriles is 1. The fraction of sp³-hybridized carbons (Fsp3) is 0.875. The highest BCUT2D eigenvalue weighted by Gasteiger charge is 2.22. The third-order valence-electron chi connectivity index (χ3n) is 1.95. The molecule has 2 atom stereocenters. The second-order valence-electron chi connectivity index (χ2n) is 3.05. The number of rotatable bonds is 6. The van der Waals surface area contributed by atoms with Gasteiger partial charge in [0.05, 0.1) is 6.07 Å². The van der Waals surface area contributed by atoms with Gasteiger partial charge in [-0.1, -0.05) is 6.92 Å². The van der Waals surface area contributed by atoms with Crippen molar-refractivity contribution in [1.29, 1.82) is 5.26 Å². The molecule has 0 aliphatic heterocycles. The van der Waals surface area contributed by atoms with Crippen molar-refractivity contribution in [2.75, 3.05) is 6.61 Å². The summed E-state index contributed by atoms with van der Waals surface area (Å²) in [7, 11) is -3.57. The van der Waals surface area contributed by atoms with E-state index in [1.165, 1.54) is 6.92 Å². The van der Waals surface area contributed by atoms with Crippen LogP contribution in [0.15, 0.2) is 0 Å². The van der Waals surface area contributed by atoms with Gasteiger partial charge in [0.25, 0.3) is 0 Å². The second-order valence-corrected chi connectivity index (χ2v) is 5.08. The first-order chi connectivity index (χ1) is 6.47. The van der Waals surface area contributed by atoms with E-state index >= 15 is 0 Å². The average molecular weight is 220 g/mol. The molecular formula is C8H16N2O3S. The van der Waals surface area contributed by atoms with Gasteiger partial charge in [0.15, 0.2) is 5.25 Å². The maximum atomic E-state index is 11.4. The van der Waals surface area contributed by atoms with Crippen molar-refractivity contribution >= 4 is 10.0 Å². The van der Waals surface area contributed by atoms with Crippen LogP contribution in [0.3, 0.4) is 0 Å². The van der Waals surface area contributed by atoms with E-state index in [4.69, 9.17) is 10.4 Å². The van der Waals surface area contributed by atoms with Gasteiger partial charge in [-0.05, 0) is 19.8 Å². The van der Waals surface area contributed by atoms with E-state index < -0.39 is 15.3 Å². The van der Waals surface area contributed by atoms with Gasteiger partial charge < -0.3 is 5.11 Å². The Labute approximate surface area is 84.8 Å². The van der Waals surface area contributed by atoms with E-state index in [1.807, 2.05) is 6.92 Å². The van der Waals surface area contributed by atoms with Crippen LogP contribution < -0.4 is 4.72 Å². The van der Waals surface area contributed by atoms with Crippen LogP contribution in [0.1, 0.15) is 26.7 Å². The van der Waals surface area contributed by atoms with Gasteiger partial charge in [-0.2, -0.15) is 5.26 Å². The molecule has 0 radical (unpaired) electrons. The molecule has 0 rings (SSSR count). The molecule has 0 fully saturated rings. The Balaban J connectivity index is 4.42. The number of aliphatic hydroxyl groups excluding tert-OH is 1. The summed E-state index contributed by atoms with van der Waals surface area (Å²) in [6, 6.07) is 1.37. The van der Waals surface area contributed by atoms with Crippen molar-refractivity contribution in [2.45, 2.75) is 38.0 Å². The third kappa shape index (κ3) is 4.05. The minimum absolute atomic E-state index is 0.0675. The summed E-state index contributed by atoms with van der Waals surface area (Å²) in [5, 5.41) is 16.1. The number of hydrogen-bond donors (Lipinski definition) is 2. The van der Waals surface area contributed by atoms with E-state index in [1.54, 1.807) is 6.07 Å². The Morgan fingerprint density at radius 2 is 2.14 bits per heavy atom. The molecule has 0 saturated heterocycles. The lowest BCUT2D eigenvalue weighted by Gasteiger charge is -2.16. The van der Waals surface area contributed by atoms with Crippen LogP contribution >= 0.6 is 0 Å². The van der Waals surface area contributed by atoms with Gasteiger partial charge in [-0.25, -0.2) is 13.1 Å².